The summed E-state index contributed by atoms with van der Waals surface area (Å²) in [5.41, 5.74) is 1.36. The lowest BCUT2D eigenvalue weighted by atomic mass is 10.1. The molecule has 3 rings (SSSR count). The van der Waals surface area contributed by atoms with Gasteiger partial charge >= 0.3 is 5.69 Å². The van der Waals surface area contributed by atoms with Crippen molar-refractivity contribution in [3.63, 3.8) is 0 Å². The molecule has 0 saturated carbocycles. The fourth-order valence-corrected chi connectivity index (χ4v) is 2.26. The topological polar surface area (TPSA) is 67.8 Å². The first-order chi connectivity index (χ1) is 10.6. The normalized spacial score (nSPS) is 10.6. The van der Waals surface area contributed by atoms with Crippen LogP contribution in [0, 0.1) is 0 Å². The molecule has 1 heterocycles. The van der Waals surface area contributed by atoms with Gasteiger partial charge in [-0.05, 0) is 18.2 Å². The lowest BCUT2D eigenvalue weighted by Gasteiger charge is -2.01. The van der Waals surface area contributed by atoms with E-state index in [-0.39, 0.29) is 0 Å². The average Bonchev–Trinajstić information content (AvgIpc) is 2.92. The number of nitrogens with zero attached hydrogens (tertiary/aromatic N) is 2. The number of aromatic nitrogens is 3. The standard InChI is InChI=1S/C15H9Cl2N3O2/c16-12-6-5-11(7-13(12)17)20-15(22)18-14(19-20)10-3-1-9(8-21)2-4-10/h1-8H,(H,18,19,22). The maximum atomic E-state index is 12.0. The molecule has 1 aromatic heterocycles. The molecule has 0 aliphatic heterocycles. The Morgan fingerprint density at radius 1 is 1.05 bits per heavy atom. The Kier molecular flexibility index (Phi) is 3.83. The molecule has 0 amide bonds. The van der Waals surface area contributed by atoms with Gasteiger partial charge in [0.05, 0.1) is 15.7 Å². The lowest BCUT2D eigenvalue weighted by molar-refractivity contribution is 0.112. The van der Waals surface area contributed by atoms with E-state index in [0.29, 0.717) is 32.7 Å². The molecule has 0 aliphatic rings. The molecule has 0 atom stereocenters. The predicted octanol–water partition coefficient (Wildman–Crippen LogP) is 3.35. The zero-order valence-electron chi connectivity index (χ0n) is 11.1. The van der Waals surface area contributed by atoms with Crippen molar-refractivity contribution in [1.29, 1.82) is 0 Å². The van der Waals surface area contributed by atoms with Gasteiger partial charge in [-0.2, -0.15) is 4.68 Å². The van der Waals surface area contributed by atoms with E-state index < -0.39 is 5.69 Å². The van der Waals surface area contributed by atoms with Crippen LogP contribution in [-0.4, -0.2) is 21.1 Å². The van der Waals surface area contributed by atoms with Crippen LogP contribution in [0.25, 0.3) is 17.1 Å². The van der Waals surface area contributed by atoms with E-state index in [1.807, 2.05) is 0 Å². The molecule has 5 nitrogen and oxygen atoms in total. The van der Waals surface area contributed by atoms with Crippen LogP contribution < -0.4 is 5.69 Å². The van der Waals surface area contributed by atoms with Crippen molar-refractivity contribution in [2.45, 2.75) is 0 Å². The van der Waals surface area contributed by atoms with E-state index in [4.69, 9.17) is 23.2 Å². The summed E-state index contributed by atoms with van der Waals surface area (Å²) in [5, 5.41) is 4.98. The van der Waals surface area contributed by atoms with Crippen molar-refractivity contribution in [3.8, 4) is 17.1 Å². The van der Waals surface area contributed by atoms with E-state index in [1.165, 1.54) is 4.68 Å². The van der Waals surface area contributed by atoms with Gasteiger partial charge in [-0.1, -0.05) is 47.5 Å². The minimum Gasteiger partial charge on any atom is -0.298 e. The monoisotopic (exact) mass is 333 g/mol. The summed E-state index contributed by atoms with van der Waals surface area (Å²) >= 11 is 11.8. The number of carbonyl (C=O) groups excluding carboxylic acids is 1. The molecule has 2 aromatic carbocycles. The Hall–Kier alpha value is -2.37. The van der Waals surface area contributed by atoms with Gasteiger partial charge in [-0.15, -0.1) is 5.10 Å². The highest BCUT2D eigenvalue weighted by atomic mass is 35.5. The summed E-state index contributed by atoms with van der Waals surface area (Å²) in [6, 6.07) is 11.5. The number of hydrogen-bond donors (Lipinski definition) is 1. The molecule has 110 valence electrons. The van der Waals surface area contributed by atoms with Gasteiger partial charge < -0.3 is 0 Å². The molecule has 0 aliphatic carbocycles. The second kappa shape index (κ2) is 5.79. The van der Waals surface area contributed by atoms with Gasteiger partial charge in [0.1, 0.15) is 6.29 Å². The molecule has 0 unspecified atom stereocenters. The fourth-order valence-electron chi connectivity index (χ4n) is 1.97. The molecule has 0 spiro atoms. The summed E-state index contributed by atoms with van der Waals surface area (Å²) in [7, 11) is 0. The summed E-state index contributed by atoms with van der Waals surface area (Å²) in [6.07, 6.45) is 0.751. The third kappa shape index (κ3) is 2.68. The SMILES string of the molecule is O=Cc1ccc(-c2nn(-c3ccc(Cl)c(Cl)c3)c(=O)[nH]2)cc1. The third-order valence-corrected chi connectivity index (χ3v) is 3.82. The van der Waals surface area contributed by atoms with Gasteiger partial charge in [0.2, 0.25) is 0 Å². The number of nitrogens with one attached hydrogen (secondary N) is 1. The van der Waals surface area contributed by atoms with E-state index in [1.54, 1.807) is 42.5 Å². The lowest BCUT2D eigenvalue weighted by Crippen LogP contribution is -2.15. The van der Waals surface area contributed by atoms with Crippen molar-refractivity contribution < 1.29 is 4.79 Å². The molecule has 0 saturated heterocycles. The number of H-pyrrole nitrogens is 1. The zero-order valence-corrected chi connectivity index (χ0v) is 12.6. The average molecular weight is 334 g/mol. The second-order valence-corrected chi connectivity index (χ2v) is 5.34. The molecule has 0 bridgehead atoms. The van der Waals surface area contributed by atoms with Crippen LogP contribution in [0.2, 0.25) is 10.0 Å². The summed E-state index contributed by atoms with van der Waals surface area (Å²) < 4.78 is 1.20. The molecule has 7 heteroatoms. The first-order valence-electron chi connectivity index (χ1n) is 6.29. The maximum absolute atomic E-state index is 12.0. The molecular formula is C15H9Cl2N3O2. The van der Waals surface area contributed by atoms with E-state index in [0.717, 1.165) is 6.29 Å². The van der Waals surface area contributed by atoms with Crippen LogP contribution in [-0.2, 0) is 0 Å². The van der Waals surface area contributed by atoms with Crippen LogP contribution in [0.1, 0.15) is 10.4 Å². The van der Waals surface area contributed by atoms with Crippen molar-refractivity contribution in [1.82, 2.24) is 14.8 Å². The minimum atomic E-state index is -0.396. The van der Waals surface area contributed by atoms with E-state index in [2.05, 4.69) is 10.1 Å². The van der Waals surface area contributed by atoms with E-state index in [9.17, 15) is 9.59 Å². The van der Waals surface area contributed by atoms with Crippen LogP contribution in [0.15, 0.2) is 47.3 Å². The minimum absolute atomic E-state index is 0.339. The summed E-state index contributed by atoms with van der Waals surface area (Å²) in [5.74, 6) is 0.397. The Balaban J connectivity index is 2.04. The fraction of sp³-hybridized carbons (Fsp3) is 0. The van der Waals surface area contributed by atoms with Crippen molar-refractivity contribution in [2.24, 2.45) is 0 Å². The van der Waals surface area contributed by atoms with Gasteiger partial charge in [-0.25, -0.2) is 4.79 Å². The number of carbonyl (C=O) groups is 1. The molecule has 1 N–H and O–H groups in total. The van der Waals surface area contributed by atoms with Gasteiger partial charge in [0, 0.05) is 11.1 Å². The highest BCUT2D eigenvalue weighted by Gasteiger charge is 2.10. The third-order valence-electron chi connectivity index (χ3n) is 3.09. The summed E-state index contributed by atoms with van der Waals surface area (Å²) in [6.45, 7) is 0. The highest BCUT2D eigenvalue weighted by molar-refractivity contribution is 6.42. The Labute approximate surface area is 135 Å². The molecule has 22 heavy (non-hydrogen) atoms. The number of aromatic amines is 1. The Morgan fingerprint density at radius 2 is 1.77 bits per heavy atom. The largest absolute Gasteiger partial charge is 0.348 e. The first-order valence-corrected chi connectivity index (χ1v) is 7.04. The number of hydrogen-bond acceptors (Lipinski definition) is 3. The van der Waals surface area contributed by atoms with Crippen LogP contribution in [0.4, 0.5) is 0 Å². The molecule has 3 aromatic rings. The quantitative estimate of drug-likeness (QED) is 0.747. The van der Waals surface area contributed by atoms with Crippen molar-refractivity contribution in [2.75, 3.05) is 0 Å². The number of rotatable bonds is 3. The Morgan fingerprint density at radius 3 is 2.41 bits per heavy atom. The van der Waals surface area contributed by atoms with Gasteiger partial charge in [0.25, 0.3) is 0 Å². The van der Waals surface area contributed by atoms with Crippen LogP contribution >= 0.6 is 23.2 Å². The first kappa shape index (κ1) is 14.6. The molecule has 0 radical (unpaired) electrons. The van der Waals surface area contributed by atoms with Crippen LogP contribution in [0.5, 0.6) is 0 Å². The number of halogens is 2. The number of benzene rings is 2. The highest BCUT2D eigenvalue weighted by Crippen LogP contribution is 2.24. The smallest absolute Gasteiger partial charge is 0.298 e. The predicted molar refractivity (Wildman–Crippen MR) is 85.0 cm³/mol. The van der Waals surface area contributed by atoms with Crippen molar-refractivity contribution in [3.05, 3.63) is 68.6 Å². The van der Waals surface area contributed by atoms with Gasteiger partial charge in [-0.3, -0.25) is 9.78 Å². The van der Waals surface area contributed by atoms with E-state index >= 15 is 0 Å². The molecule has 0 fully saturated rings. The van der Waals surface area contributed by atoms with Crippen LogP contribution in [0.3, 0.4) is 0 Å². The van der Waals surface area contributed by atoms with Gasteiger partial charge in [0.15, 0.2) is 5.82 Å². The summed E-state index contributed by atoms with van der Waals surface area (Å²) in [4.78, 5) is 25.4. The Bertz CT molecular complexity index is 898. The number of aldehydes is 1. The second-order valence-electron chi connectivity index (χ2n) is 4.53. The molecular weight excluding hydrogens is 325 g/mol. The maximum Gasteiger partial charge on any atom is 0.348 e. The van der Waals surface area contributed by atoms with Crippen molar-refractivity contribution >= 4 is 29.5 Å². The zero-order chi connectivity index (χ0) is 15.7.